The van der Waals surface area contributed by atoms with Gasteiger partial charge in [-0.25, -0.2) is 0 Å². The van der Waals surface area contributed by atoms with Crippen molar-refractivity contribution in [3.8, 4) is 0 Å². The zero-order valence-corrected chi connectivity index (χ0v) is 11.0. The van der Waals surface area contributed by atoms with Crippen LogP contribution in [0.2, 0.25) is 0 Å². The van der Waals surface area contributed by atoms with Gasteiger partial charge in [0, 0.05) is 16.4 Å². The molecule has 1 fully saturated rings. The van der Waals surface area contributed by atoms with Crippen LogP contribution in [0, 0.1) is 0 Å². The number of amides is 1. The third-order valence-corrected chi connectivity index (χ3v) is 3.84. The second-order valence-corrected chi connectivity index (χ2v) is 5.40. The quantitative estimate of drug-likeness (QED) is 0.907. The van der Waals surface area contributed by atoms with Gasteiger partial charge in [-0.05, 0) is 37.0 Å². The first-order chi connectivity index (χ1) is 7.63. The molecule has 0 aromatic heterocycles. The van der Waals surface area contributed by atoms with Crippen molar-refractivity contribution in [2.45, 2.75) is 38.1 Å². The molecular weight excluding hydrogens is 266 g/mol. The Bertz CT molecular complexity index is 405. The molecule has 1 aliphatic heterocycles. The summed E-state index contributed by atoms with van der Waals surface area (Å²) in [4.78, 5) is 11.4. The molecular formula is C13H16BrNO. The SMILES string of the molecule is CCC1(Cc2cccc(Br)c2)CCC(=O)N1. The van der Waals surface area contributed by atoms with Crippen LogP contribution in [0.3, 0.4) is 0 Å². The largest absolute Gasteiger partial charge is 0.350 e. The lowest BCUT2D eigenvalue weighted by Gasteiger charge is -2.27. The van der Waals surface area contributed by atoms with Crippen LogP contribution >= 0.6 is 15.9 Å². The fourth-order valence-corrected chi connectivity index (χ4v) is 2.78. The highest BCUT2D eigenvalue weighted by Crippen LogP contribution is 2.28. The van der Waals surface area contributed by atoms with E-state index in [1.807, 2.05) is 12.1 Å². The van der Waals surface area contributed by atoms with Crippen LogP contribution in [0.15, 0.2) is 28.7 Å². The molecule has 0 radical (unpaired) electrons. The Hall–Kier alpha value is -0.830. The second-order valence-electron chi connectivity index (χ2n) is 4.49. The van der Waals surface area contributed by atoms with Crippen molar-refractivity contribution in [1.29, 1.82) is 0 Å². The first kappa shape index (κ1) is 11.6. The Kier molecular flexibility index (Phi) is 3.33. The number of nitrogens with one attached hydrogen (secondary N) is 1. The first-order valence-electron chi connectivity index (χ1n) is 5.69. The summed E-state index contributed by atoms with van der Waals surface area (Å²) in [6.45, 7) is 2.14. The molecule has 16 heavy (non-hydrogen) atoms. The number of rotatable bonds is 3. The number of carbonyl (C=O) groups is 1. The molecule has 3 heteroatoms. The van der Waals surface area contributed by atoms with Gasteiger partial charge in [0.05, 0.1) is 0 Å². The fourth-order valence-electron chi connectivity index (χ4n) is 2.33. The van der Waals surface area contributed by atoms with Gasteiger partial charge in [-0.1, -0.05) is 35.0 Å². The topological polar surface area (TPSA) is 29.1 Å². The maximum Gasteiger partial charge on any atom is 0.220 e. The van der Waals surface area contributed by atoms with Crippen LogP contribution in [-0.2, 0) is 11.2 Å². The minimum absolute atomic E-state index is 0.0160. The lowest BCUT2D eigenvalue weighted by molar-refractivity contribution is -0.119. The van der Waals surface area contributed by atoms with E-state index in [9.17, 15) is 4.79 Å². The van der Waals surface area contributed by atoms with Crippen LogP contribution < -0.4 is 5.32 Å². The standard InChI is InChI=1S/C13H16BrNO/c1-2-13(7-6-12(16)15-13)9-10-4-3-5-11(14)8-10/h3-5,8H,2,6-7,9H2,1H3,(H,15,16). The van der Waals surface area contributed by atoms with Gasteiger partial charge in [-0.3, -0.25) is 4.79 Å². The number of hydrogen-bond acceptors (Lipinski definition) is 1. The molecule has 1 heterocycles. The van der Waals surface area contributed by atoms with Crippen LogP contribution in [0.4, 0.5) is 0 Å². The minimum atomic E-state index is -0.0160. The monoisotopic (exact) mass is 281 g/mol. The number of halogens is 1. The average molecular weight is 282 g/mol. The van der Waals surface area contributed by atoms with Crippen molar-refractivity contribution in [2.24, 2.45) is 0 Å². The third-order valence-electron chi connectivity index (χ3n) is 3.34. The van der Waals surface area contributed by atoms with E-state index in [-0.39, 0.29) is 11.4 Å². The molecule has 0 bridgehead atoms. The number of carbonyl (C=O) groups excluding carboxylic acids is 1. The summed E-state index contributed by atoms with van der Waals surface area (Å²) in [5.41, 5.74) is 1.26. The third kappa shape index (κ3) is 2.46. The van der Waals surface area contributed by atoms with Crippen molar-refractivity contribution < 1.29 is 4.79 Å². The van der Waals surface area contributed by atoms with Crippen LogP contribution in [0.1, 0.15) is 31.7 Å². The molecule has 2 rings (SSSR count). The summed E-state index contributed by atoms with van der Waals surface area (Å²) < 4.78 is 1.10. The lowest BCUT2D eigenvalue weighted by atomic mass is 9.87. The zero-order valence-electron chi connectivity index (χ0n) is 9.42. The number of hydrogen-bond donors (Lipinski definition) is 1. The fraction of sp³-hybridized carbons (Fsp3) is 0.462. The summed E-state index contributed by atoms with van der Waals surface area (Å²) in [6.07, 6.45) is 3.54. The molecule has 1 aromatic carbocycles. The zero-order chi connectivity index (χ0) is 11.6. The normalized spacial score (nSPS) is 24.5. The maximum absolute atomic E-state index is 11.4. The lowest BCUT2D eigenvalue weighted by Crippen LogP contribution is -2.42. The highest BCUT2D eigenvalue weighted by atomic mass is 79.9. The molecule has 86 valence electrons. The van der Waals surface area contributed by atoms with E-state index < -0.39 is 0 Å². The highest BCUT2D eigenvalue weighted by Gasteiger charge is 2.35. The Morgan fingerprint density at radius 1 is 1.50 bits per heavy atom. The Labute approximate surface area is 105 Å². The summed E-state index contributed by atoms with van der Waals surface area (Å²) in [7, 11) is 0. The summed E-state index contributed by atoms with van der Waals surface area (Å²) >= 11 is 3.48. The van der Waals surface area contributed by atoms with Gasteiger partial charge in [0.15, 0.2) is 0 Å². The van der Waals surface area contributed by atoms with Crippen LogP contribution in [-0.4, -0.2) is 11.4 Å². The van der Waals surface area contributed by atoms with Gasteiger partial charge in [0.25, 0.3) is 0 Å². The average Bonchev–Trinajstić information content (AvgIpc) is 2.61. The van der Waals surface area contributed by atoms with E-state index in [1.54, 1.807) is 0 Å². The molecule has 1 N–H and O–H groups in total. The van der Waals surface area contributed by atoms with E-state index in [1.165, 1.54) is 5.56 Å². The Morgan fingerprint density at radius 3 is 2.88 bits per heavy atom. The molecule has 1 aromatic rings. The van der Waals surface area contributed by atoms with Crippen LogP contribution in [0.5, 0.6) is 0 Å². The van der Waals surface area contributed by atoms with Gasteiger partial charge < -0.3 is 5.32 Å². The Morgan fingerprint density at radius 2 is 2.31 bits per heavy atom. The van der Waals surface area contributed by atoms with Gasteiger partial charge in [0.1, 0.15) is 0 Å². The molecule has 1 atom stereocenters. The molecule has 1 aliphatic rings. The number of benzene rings is 1. The second kappa shape index (κ2) is 4.58. The molecule has 1 amide bonds. The maximum atomic E-state index is 11.4. The van der Waals surface area contributed by atoms with Crippen molar-refractivity contribution in [2.75, 3.05) is 0 Å². The molecule has 0 spiro atoms. The highest BCUT2D eigenvalue weighted by molar-refractivity contribution is 9.10. The van der Waals surface area contributed by atoms with E-state index in [4.69, 9.17) is 0 Å². The van der Waals surface area contributed by atoms with Crippen LogP contribution in [0.25, 0.3) is 0 Å². The van der Waals surface area contributed by atoms with Gasteiger partial charge >= 0.3 is 0 Å². The van der Waals surface area contributed by atoms with E-state index in [2.05, 4.69) is 40.3 Å². The molecule has 1 unspecified atom stereocenters. The van der Waals surface area contributed by atoms with Gasteiger partial charge in [0.2, 0.25) is 5.91 Å². The predicted molar refractivity (Wildman–Crippen MR) is 68.2 cm³/mol. The van der Waals surface area contributed by atoms with Crippen molar-refractivity contribution in [1.82, 2.24) is 5.32 Å². The molecule has 0 saturated carbocycles. The van der Waals surface area contributed by atoms with E-state index >= 15 is 0 Å². The van der Waals surface area contributed by atoms with Crippen molar-refractivity contribution in [3.63, 3.8) is 0 Å². The summed E-state index contributed by atoms with van der Waals surface area (Å²) in [5, 5.41) is 3.13. The minimum Gasteiger partial charge on any atom is -0.350 e. The van der Waals surface area contributed by atoms with Crippen molar-refractivity contribution >= 4 is 21.8 Å². The summed E-state index contributed by atoms with van der Waals surface area (Å²) in [6, 6.07) is 8.31. The molecule has 1 saturated heterocycles. The van der Waals surface area contributed by atoms with Crippen molar-refractivity contribution in [3.05, 3.63) is 34.3 Å². The predicted octanol–water partition coefficient (Wildman–Crippen LogP) is 3.05. The van der Waals surface area contributed by atoms with Gasteiger partial charge in [-0.15, -0.1) is 0 Å². The van der Waals surface area contributed by atoms with E-state index in [0.29, 0.717) is 6.42 Å². The molecule has 0 aliphatic carbocycles. The Balaban J connectivity index is 2.16. The molecule has 2 nitrogen and oxygen atoms in total. The smallest absolute Gasteiger partial charge is 0.220 e. The first-order valence-corrected chi connectivity index (χ1v) is 6.48. The van der Waals surface area contributed by atoms with Gasteiger partial charge in [-0.2, -0.15) is 0 Å². The summed E-state index contributed by atoms with van der Waals surface area (Å²) in [5.74, 6) is 0.192. The van der Waals surface area contributed by atoms with E-state index in [0.717, 1.165) is 23.7 Å².